The number of aromatic nitrogens is 3. The van der Waals surface area contributed by atoms with Crippen molar-refractivity contribution < 1.29 is 0 Å². The molecule has 1 atom stereocenters. The van der Waals surface area contributed by atoms with Gasteiger partial charge in [0.05, 0.1) is 16.3 Å². The van der Waals surface area contributed by atoms with E-state index in [9.17, 15) is 14.9 Å². The Morgan fingerprint density at radius 1 is 1.23 bits per heavy atom. The molecule has 0 N–H and O–H groups in total. The molecule has 26 heavy (non-hydrogen) atoms. The first-order valence-electron chi connectivity index (χ1n) is 8.35. The maximum atomic E-state index is 12.4. The standard InChI is InChI=1S/C18H17N5O2S/c1-21-16(11(10-19)17(24)22(2)18(21)25)23-9-5-7-13(23)15-20-12-6-3-4-8-14(12)26-15/h3-4,6,8,13H,5,7,9H2,1-2H3. The van der Waals surface area contributed by atoms with Crippen LogP contribution in [0.3, 0.4) is 0 Å². The van der Waals surface area contributed by atoms with Gasteiger partial charge < -0.3 is 4.90 Å². The Kier molecular flexibility index (Phi) is 3.89. The summed E-state index contributed by atoms with van der Waals surface area (Å²) in [5, 5.41) is 10.5. The molecule has 0 radical (unpaired) electrons. The van der Waals surface area contributed by atoms with Crippen LogP contribution in [0.1, 0.15) is 29.5 Å². The van der Waals surface area contributed by atoms with Crippen molar-refractivity contribution in [1.82, 2.24) is 14.1 Å². The van der Waals surface area contributed by atoms with Gasteiger partial charge in [0.25, 0.3) is 5.56 Å². The number of rotatable bonds is 2. The Hall–Kier alpha value is -2.92. The molecule has 3 aromatic rings. The van der Waals surface area contributed by atoms with Crippen LogP contribution in [0, 0.1) is 11.3 Å². The molecule has 1 aliphatic rings. The summed E-state index contributed by atoms with van der Waals surface area (Å²) in [6.45, 7) is 0.676. The zero-order valence-corrected chi connectivity index (χ0v) is 15.3. The Morgan fingerprint density at radius 3 is 2.73 bits per heavy atom. The van der Waals surface area contributed by atoms with Crippen LogP contribution in [0.5, 0.6) is 0 Å². The molecule has 4 rings (SSSR count). The van der Waals surface area contributed by atoms with E-state index in [2.05, 4.69) is 0 Å². The molecule has 1 saturated heterocycles. The Labute approximate surface area is 153 Å². The van der Waals surface area contributed by atoms with Gasteiger partial charge in [-0.2, -0.15) is 5.26 Å². The first kappa shape index (κ1) is 16.5. The second-order valence-electron chi connectivity index (χ2n) is 6.39. The Bertz CT molecular complexity index is 1130. The Morgan fingerprint density at radius 2 is 2.00 bits per heavy atom. The third kappa shape index (κ3) is 2.35. The number of anilines is 1. The van der Waals surface area contributed by atoms with Crippen LogP contribution in [0.15, 0.2) is 33.9 Å². The highest BCUT2D eigenvalue weighted by Crippen LogP contribution is 2.39. The fourth-order valence-corrected chi connectivity index (χ4v) is 4.69. The van der Waals surface area contributed by atoms with Crippen LogP contribution in [-0.2, 0) is 14.1 Å². The van der Waals surface area contributed by atoms with Crippen molar-refractivity contribution in [3.63, 3.8) is 0 Å². The molecule has 0 amide bonds. The van der Waals surface area contributed by atoms with Crippen LogP contribution in [-0.4, -0.2) is 20.7 Å². The monoisotopic (exact) mass is 367 g/mol. The molecule has 1 unspecified atom stereocenters. The zero-order chi connectivity index (χ0) is 18.4. The lowest BCUT2D eigenvalue weighted by molar-refractivity contribution is 0.637. The number of nitrogens with zero attached hydrogens (tertiary/aromatic N) is 5. The van der Waals surface area contributed by atoms with Gasteiger partial charge in [0.1, 0.15) is 16.9 Å². The molecule has 1 aromatic carbocycles. The minimum absolute atomic E-state index is 0.00242. The fourth-order valence-electron chi connectivity index (χ4n) is 3.58. The molecular formula is C18H17N5O2S. The van der Waals surface area contributed by atoms with Crippen molar-refractivity contribution in [2.24, 2.45) is 14.1 Å². The third-order valence-electron chi connectivity index (χ3n) is 4.87. The maximum Gasteiger partial charge on any atom is 0.332 e. The fraction of sp³-hybridized carbons (Fsp3) is 0.333. The first-order valence-corrected chi connectivity index (χ1v) is 9.16. The van der Waals surface area contributed by atoms with Crippen LogP contribution in [0.25, 0.3) is 10.2 Å². The average Bonchev–Trinajstić information content (AvgIpc) is 3.28. The lowest BCUT2D eigenvalue weighted by Crippen LogP contribution is -2.42. The third-order valence-corrected chi connectivity index (χ3v) is 6.00. The predicted molar refractivity (Wildman–Crippen MR) is 101 cm³/mol. The predicted octanol–water partition coefficient (Wildman–Crippen LogP) is 1.91. The molecule has 0 spiro atoms. The van der Waals surface area contributed by atoms with Gasteiger partial charge in [0, 0.05) is 20.6 Å². The zero-order valence-electron chi connectivity index (χ0n) is 14.5. The summed E-state index contributed by atoms with van der Waals surface area (Å²) in [7, 11) is 3.00. The van der Waals surface area contributed by atoms with E-state index in [1.54, 1.807) is 18.4 Å². The second kappa shape index (κ2) is 6.11. The second-order valence-corrected chi connectivity index (χ2v) is 7.45. The van der Waals surface area contributed by atoms with Crippen molar-refractivity contribution in [1.29, 1.82) is 5.26 Å². The van der Waals surface area contributed by atoms with Gasteiger partial charge in [0.15, 0.2) is 5.56 Å². The van der Waals surface area contributed by atoms with Crippen molar-refractivity contribution in [3.8, 4) is 6.07 Å². The van der Waals surface area contributed by atoms with E-state index in [0.717, 1.165) is 32.6 Å². The normalized spacial score (nSPS) is 17.0. The van der Waals surface area contributed by atoms with Crippen LogP contribution in [0.4, 0.5) is 5.82 Å². The van der Waals surface area contributed by atoms with Crippen molar-refractivity contribution in [2.45, 2.75) is 18.9 Å². The molecule has 1 aliphatic heterocycles. The van der Waals surface area contributed by atoms with E-state index < -0.39 is 11.2 Å². The van der Waals surface area contributed by atoms with E-state index in [-0.39, 0.29) is 11.6 Å². The Balaban J connectivity index is 1.89. The summed E-state index contributed by atoms with van der Waals surface area (Å²) >= 11 is 1.62. The van der Waals surface area contributed by atoms with E-state index in [0.29, 0.717) is 12.4 Å². The van der Waals surface area contributed by atoms with Crippen LogP contribution < -0.4 is 16.1 Å². The maximum absolute atomic E-state index is 12.4. The summed E-state index contributed by atoms with van der Waals surface area (Å²) in [5.74, 6) is 0.391. The molecule has 0 saturated carbocycles. The molecular weight excluding hydrogens is 350 g/mol. The SMILES string of the molecule is Cn1c(N2CCCC2c2nc3ccccc3s2)c(C#N)c(=O)n(C)c1=O. The lowest BCUT2D eigenvalue weighted by atomic mass is 10.2. The number of thiazole rings is 1. The smallest absolute Gasteiger partial charge is 0.332 e. The first-order chi connectivity index (χ1) is 12.5. The highest BCUT2D eigenvalue weighted by Gasteiger charge is 2.33. The average molecular weight is 367 g/mol. The lowest BCUT2D eigenvalue weighted by Gasteiger charge is -2.27. The molecule has 2 aromatic heterocycles. The molecule has 0 bridgehead atoms. The van der Waals surface area contributed by atoms with Gasteiger partial charge in [-0.05, 0) is 25.0 Å². The highest BCUT2D eigenvalue weighted by atomic mass is 32.1. The van der Waals surface area contributed by atoms with E-state index in [1.165, 1.54) is 11.6 Å². The summed E-state index contributed by atoms with van der Waals surface area (Å²) in [4.78, 5) is 31.5. The number of benzene rings is 1. The summed E-state index contributed by atoms with van der Waals surface area (Å²) in [5.41, 5.74) is -0.0418. The molecule has 7 nitrogen and oxygen atoms in total. The number of para-hydroxylation sites is 1. The number of hydrogen-bond acceptors (Lipinski definition) is 6. The number of fused-ring (bicyclic) bond motifs is 1. The van der Waals surface area contributed by atoms with E-state index in [4.69, 9.17) is 4.98 Å². The van der Waals surface area contributed by atoms with Gasteiger partial charge in [-0.25, -0.2) is 9.78 Å². The molecule has 0 aliphatic carbocycles. The molecule has 8 heteroatoms. The largest absolute Gasteiger partial charge is 0.347 e. The highest BCUT2D eigenvalue weighted by molar-refractivity contribution is 7.18. The van der Waals surface area contributed by atoms with Gasteiger partial charge in [-0.1, -0.05) is 12.1 Å². The number of hydrogen-bond donors (Lipinski definition) is 0. The van der Waals surface area contributed by atoms with Crippen LogP contribution in [0.2, 0.25) is 0 Å². The van der Waals surface area contributed by atoms with Gasteiger partial charge in [-0.15, -0.1) is 11.3 Å². The molecule has 132 valence electrons. The van der Waals surface area contributed by atoms with E-state index in [1.807, 2.05) is 35.2 Å². The van der Waals surface area contributed by atoms with Gasteiger partial charge in [0.2, 0.25) is 0 Å². The minimum atomic E-state index is -0.555. The molecule has 1 fully saturated rings. The summed E-state index contributed by atoms with van der Waals surface area (Å²) in [6.07, 6.45) is 1.78. The van der Waals surface area contributed by atoms with Crippen molar-refractivity contribution in [2.75, 3.05) is 11.4 Å². The van der Waals surface area contributed by atoms with Crippen LogP contribution >= 0.6 is 11.3 Å². The van der Waals surface area contributed by atoms with Gasteiger partial charge >= 0.3 is 5.69 Å². The van der Waals surface area contributed by atoms with Crippen molar-refractivity contribution >= 4 is 27.4 Å². The topological polar surface area (TPSA) is 83.9 Å². The van der Waals surface area contributed by atoms with E-state index >= 15 is 0 Å². The quantitative estimate of drug-likeness (QED) is 0.691. The summed E-state index contributed by atoms with van der Waals surface area (Å²) < 4.78 is 3.48. The van der Waals surface area contributed by atoms with Crippen molar-refractivity contribution in [3.05, 3.63) is 55.7 Å². The number of nitriles is 1. The molecule has 3 heterocycles. The van der Waals surface area contributed by atoms with Gasteiger partial charge in [-0.3, -0.25) is 13.9 Å². The minimum Gasteiger partial charge on any atom is -0.347 e. The summed E-state index contributed by atoms with van der Waals surface area (Å²) in [6, 6.07) is 9.90.